The minimum Gasteiger partial charge on any atom is -0.377 e. The largest absolute Gasteiger partial charge is 0.377 e. The van der Waals surface area contributed by atoms with Crippen LogP contribution in [-0.2, 0) is 0 Å². The molecule has 0 bridgehead atoms. The second-order valence-corrected chi connectivity index (χ2v) is 6.59. The molecule has 1 fully saturated rings. The van der Waals surface area contributed by atoms with Gasteiger partial charge in [0, 0.05) is 22.7 Å². The topological polar surface area (TPSA) is 84.3 Å². The summed E-state index contributed by atoms with van der Waals surface area (Å²) in [7, 11) is 0. The molecule has 25 heavy (non-hydrogen) atoms. The summed E-state index contributed by atoms with van der Waals surface area (Å²) < 4.78 is 0. The van der Waals surface area contributed by atoms with Gasteiger partial charge in [-0.2, -0.15) is 0 Å². The highest BCUT2D eigenvalue weighted by Gasteiger charge is 2.25. The predicted octanol–water partition coefficient (Wildman–Crippen LogP) is 4.31. The Labute approximate surface area is 150 Å². The Morgan fingerprint density at radius 2 is 2.04 bits per heavy atom. The number of anilines is 1. The Bertz CT molecular complexity index is 821. The van der Waals surface area contributed by atoms with Crippen molar-refractivity contribution in [2.45, 2.75) is 31.8 Å². The highest BCUT2D eigenvalue weighted by atomic mass is 35.5. The average molecular weight is 360 g/mol. The van der Waals surface area contributed by atoms with E-state index in [1.54, 1.807) is 24.3 Å². The Balaban J connectivity index is 1.77. The van der Waals surface area contributed by atoms with Crippen molar-refractivity contribution in [1.29, 1.82) is 0 Å². The molecule has 7 heteroatoms. The zero-order chi connectivity index (χ0) is 18.0. The summed E-state index contributed by atoms with van der Waals surface area (Å²) in [4.78, 5) is 23.3. The maximum atomic E-state index is 12.4. The van der Waals surface area contributed by atoms with E-state index in [1.165, 1.54) is 6.07 Å². The van der Waals surface area contributed by atoms with Gasteiger partial charge in [0.05, 0.1) is 11.0 Å². The Kier molecular flexibility index (Phi) is 4.90. The molecule has 1 atom stereocenters. The van der Waals surface area contributed by atoms with Gasteiger partial charge in [0.1, 0.15) is 5.69 Å². The first kappa shape index (κ1) is 17.2. The Hall–Kier alpha value is -2.60. The van der Waals surface area contributed by atoms with Gasteiger partial charge in [0.2, 0.25) is 0 Å². The number of nitro benzene ring substituents is 1. The molecule has 1 aliphatic rings. The van der Waals surface area contributed by atoms with Gasteiger partial charge in [-0.25, -0.2) is 0 Å². The molecule has 0 spiro atoms. The number of carbonyl (C=O) groups is 1. The van der Waals surface area contributed by atoms with Crippen LogP contribution in [0.3, 0.4) is 0 Å². The van der Waals surface area contributed by atoms with Crippen molar-refractivity contribution in [2.24, 2.45) is 0 Å². The van der Waals surface area contributed by atoms with Crippen LogP contribution < -0.4 is 10.6 Å². The molecule has 1 unspecified atom stereocenters. The normalized spacial score (nSPS) is 14.6. The van der Waals surface area contributed by atoms with Gasteiger partial charge in [-0.1, -0.05) is 23.7 Å². The van der Waals surface area contributed by atoms with E-state index in [9.17, 15) is 14.9 Å². The second-order valence-electron chi connectivity index (χ2n) is 6.16. The minimum atomic E-state index is -0.470. The molecule has 6 nitrogen and oxygen atoms in total. The number of hydrogen-bond acceptors (Lipinski definition) is 4. The summed E-state index contributed by atoms with van der Waals surface area (Å²) in [6.07, 6.45) is 2.02. The van der Waals surface area contributed by atoms with Crippen LogP contribution in [0.2, 0.25) is 5.02 Å². The van der Waals surface area contributed by atoms with E-state index in [4.69, 9.17) is 11.6 Å². The summed E-state index contributed by atoms with van der Waals surface area (Å²) in [5.41, 5.74) is 1.48. The molecule has 1 saturated carbocycles. The van der Waals surface area contributed by atoms with E-state index in [0.29, 0.717) is 16.8 Å². The first-order valence-electron chi connectivity index (χ1n) is 8.05. The van der Waals surface area contributed by atoms with Gasteiger partial charge in [-0.05, 0) is 49.6 Å². The molecule has 130 valence electrons. The first-order valence-corrected chi connectivity index (χ1v) is 8.43. The van der Waals surface area contributed by atoms with Crippen molar-refractivity contribution in [3.63, 3.8) is 0 Å². The zero-order valence-electron chi connectivity index (χ0n) is 13.7. The van der Waals surface area contributed by atoms with Gasteiger partial charge >= 0.3 is 0 Å². The first-order chi connectivity index (χ1) is 11.9. The molecular formula is C18H18ClN3O3. The lowest BCUT2D eigenvalue weighted by atomic mass is 10.1. The summed E-state index contributed by atoms with van der Waals surface area (Å²) in [6.45, 7) is 1.83. The quantitative estimate of drug-likeness (QED) is 0.594. The third-order valence-electron chi connectivity index (χ3n) is 4.09. The molecule has 0 heterocycles. The van der Waals surface area contributed by atoms with Gasteiger partial charge in [0.15, 0.2) is 0 Å². The van der Waals surface area contributed by atoms with E-state index in [1.807, 2.05) is 19.1 Å². The standard InChI is InChI=1S/C18H18ClN3O3/c1-11(12-3-2-4-14(19)9-12)20-18(23)13-5-8-16(21-15-6-7-15)17(10-13)22(24)25/h2-5,8-11,15,21H,6-7H2,1H3,(H,20,23). The number of nitrogens with zero attached hydrogens (tertiary/aromatic N) is 1. The average Bonchev–Trinajstić information content (AvgIpc) is 3.39. The van der Waals surface area contributed by atoms with E-state index >= 15 is 0 Å². The Morgan fingerprint density at radius 3 is 2.68 bits per heavy atom. The number of amides is 1. The molecule has 0 radical (unpaired) electrons. The van der Waals surface area contributed by atoms with Crippen LogP contribution in [0.25, 0.3) is 0 Å². The van der Waals surface area contributed by atoms with Gasteiger partial charge < -0.3 is 10.6 Å². The molecule has 1 aliphatic carbocycles. The van der Waals surface area contributed by atoms with Crippen molar-refractivity contribution < 1.29 is 9.72 Å². The van der Waals surface area contributed by atoms with E-state index in [0.717, 1.165) is 18.4 Å². The fourth-order valence-corrected chi connectivity index (χ4v) is 2.73. The smallest absolute Gasteiger partial charge is 0.293 e. The lowest BCUT2D eigenvalue weighted by Gasteiger charge is -2.15. The highest BCUT2D eigenvalue weighted by Crippen LogP contribution is 2.31. The van der Waals surface area contributed by atoms with E-state index < -0.39 is 4.92 Å². The molecule has 2 N–H and O–H groups in total. The molecule has 2 aromatic rings. The van der Waals surface area contributed by atoms with Gasteiger partial charge in [-0.3, -0.25) is 14.9 Å². The summed E-state index contributed by atoms with van der Waals surface area (Å²) in [5.74, 6) is -0.367. The number of nitrogens with one attached hydrogen (secondary N) is 2. The molecule has 0 aliphatic heterocycles. The predicted molar refractivity (Wildman–Crippen MR) is 97.1 cm³/mol. The van der Waals surface area contributed by atoms with Crippen LogP contribution in [0, 0.1) is 10.1 Å². The third kappa shape index (κ3) is 4.28. The number of halogens is 1. The fourth-order valence-electron chi connectivity index (χ4n) is 2.53. The van der Waals surface area contributed by atoms with Crippen LogP contribution in [0.4, 0.5) is 11.4 Å². The highest BCUT2D eigenvalue weighted by molar-refractivity contribution is 6.30. The van der Waals surface area contributed by atoms with Crippen molar-refractivity contribution in [1.82, 2.24) is 5.32 Å². The SMILES string of the molecule is CC(NC(=O)c1ccc(NC2CC2)c([N+](=O)[O-])c1)c1cccc(Cl)c1. The fraction of sp³-hybridized carbons (Fsp3) is 0.278. The van der Waals surface area contributed by atoms with Crippen molar-refractivity contribution in [3.8, 4) is 0 Å². The lowest BCUT2D eigenvalue weighted by Crippen LogP contribution is -2.26. The van der Waals surface area contributed by atoms with Crippen molar-refractivity contribution >= 4 is 28.9 Å². The summed E-state index contributed by atoms with van der Waals surface area (Å²) in [6, 6.07) is 11.7. The van der Waals surface area contributed by atoms with Crippen molar-refractivity contribution in [2.75, 3.05) is 5.32 Å². The minimum absolute atomic E-state index is 0.0880. The number of nitro groups is 1. The van der Waals surface area contributed by atoms with E-state index in [2.05, 4.69) is 10.6 Å². The monoisotopic (exact) mass is 359 g/mol. The van der Waals surface area contributed by atoms with Gasteiger partial charge in [0.25, 0.3) is 11.6 Å². The second kappa shape index (κ2) is 7.11. The molecule has 0 saturated heterocycles. The maximum Gasteiger partial charge on any atom is 0.293 e. The molecule has 0 aromatic heterocycles. The number of carbonyl (C=O) groups excluding carboxylic acids is 1. The van der Waals surface area contributed by atoms with Gasteiger partial charge in [-0.15, -0.1) is 0 Å². The zero-order valence-corrected chi connectivity index (χ0v) is 14.4. The molecule has 2 aromatic carbocycles. The third-order valence-corrected chi connectivity index (χ3v) is 4.32. The van der Waals surface area contributed by atoms with E-state index in [-0.39, 0.29) is 23.2 Å². The van der Waals surface area contributed by atoms with Crippen LogP contribution in [-0.4, -0.2) is 16.9 Å². The Morgan fingerprint density at radius 1 is 1.28 bits per heavy atom. The van der Waals surface area contributed by atoms with Crippen LogP contribution in [0.1, 0.15) is 41.7 Å². The lowest BCUT2D eigenvalue weighted by molar-refractivity contribution is -0.384. The summed E-state index contributed by atoms with van der Waals surface area (Å²) in [5, 5.41) is 17.8. The number of rotatable bonds is 6. The molecular weight excluding hydrogens is 342 g/mol. The van der Waals surface area contributed by atoms with Crippen LogP contribution in [0.5, 0.6) is 0 Å². The maximum absolute atomic E-state index is 12.4. The van der Waals surface area contributed by atoms with Crippen LogP contribution in [0.15, 0.2) is 42.5 Å². The molecule has 1 amide bonds. The summed E-state index contributed by atoms with van der Waals surface area (Å²) >= 11 is 5.97. The number of hydrogen-bond donors (Lipinski definition) is 2. The van der Waals surface area contributed by atoms with Crippen LogP contribution >= 0.6 is 11.6 Å². The number of benzene rings is 2. The van der Waals surface area contributed by atoms with Crippen molar-refractivity contribution in [3.05, 3.63) is 68.7 Å². The molecule has 3 rings (SSSR count).